The van der Waals surface area contributed by atoms with Crippen LogP contribution in [0.4, 0.5) is 0 Å². The van der Waals surface area contributed by atoms with Crippen LogP contribution in [0.1, 0.15) is 29.2 Å². The second-order valence-electron chi connectivity index (χ2n) is 10.2. The minimum atomic E-state index is -0.411. The van der Waals surface area contributed by atoms with Crippen LogP contribution in [0.5, 0.6) is 0 Å². The molecule has 0 amide bonds. The molecule has 3 saturated heterocycles. The molecule has 0 bridgehead atoms. The number of nitrogens with one attached hydrogen (secondary N) is 1. The highest BCUT2D eigenvalue weighted by Gasteiger charge is 2.31. The van der Waals surface area contributed by atoms with Crippen LogP contribution in [0.3, 0.4) is 0 Å². The van der Waals surface area contributed by atoms with Gasteiger partial charge in [-0.1, -0.05) is 0 Å². The molecular formula is C28H36N6O9. The van der Waals surface area contributed by atoms with Crippen LogP contribution < -0.4 is 5.32 Å². The first-order chi connectivity index (χ1) is 20.9. The molecule has 4 aliphatic rings. The molecule has 232 valence electrons. The van der Waals surface area contributed by atoms with Crippen molar-refractivity contribution in [2.75, 3.05) is 65.7 Å². The average Bonchev–Trinajstić information content (AvgIpc) is 3.83. The SMILES string of the molecule is O=Cc1ccco1.O=[N+]([O-])/C(=C/c1ccco1)C1=NCCN1CC1CCOC1.O=[N+]([O-])/C=C1\NCCN1CC1CCOC1. The second kappa shape index (κ2) is 16.2. The first-order valence-corrected chi connectivity index (χ1v) is 14.1. The molecule has 2 unspecified atom stereocenters. The molecule has 2 aromatic rings. The summed E-state index contributed by atoms with van der Waals surface area (Å²) in [6.07, 6.45) is 8.16. The van der Waals surface area contributed by atoms with Crippen molar-refractivity contribution in [2.24, 2.45) is 16.8 Å². The number of carbonyl (C=O) groups is 1. The minimum Gasteiger partial charge on any atom is -0.465 e. The number of carbonyl (C=O) groups excluding carboxylic acids is 1. The van der Waals surface area contributed by atoms with E-state index >= 15 is 0 Å². The van der Waals surface area contributed by atoms with Gasteiger partial charge in [0.05, 0.1) is 48.2 Å². The van der Waals surface area contributed by atoms with Gasteiger partial charge < -0.3 is 33.4 Å². The predicted octanol–water partition coefficient (Wildman–Crippen LogP) is 2.74. The summed E-state index contributed by atoms with van der Waals surface area (Å²) in [6, 6.07) is 6.67. The molecule has 15 heteroatoms. The van der Waals surface area contributed by atoms with Crippen molar-refractivity contribution in [2.45, 2.75) is 12.8 Å². The van der Waals surface area contributed by atoms with Crippen molar-refractivity contribution in [1.82, 2.24) is 15.1 Å². The van der Waals surface area contributed by atoms with Crippen LogP contribution in [0.2, 0.25) is 0 Å². The van der Waals surface area contributed by atoms with Crippen LogP contribution >= 0.6 is 0 Å². The van der Waals surface area contributed by atoms with Crippen LogP contribution in [-0.4, -0.2) is 97.5 Å². The van der Waals surface area contributed by atoms with Gasteiger partial charge in [-0.25, -0.2) is 0 Å². The van der Waals surface area contributed by atoms with Gasteiger partial charge in [-0.2, -0.15) is 0 Å². The zero-order valence-electron chi connectivity index (χ0n) is 23.7. The standard InChI is InChI=1S/C14H17N3O4.C9H15N3O3.C5H4O2/c18-17(19)13(8-12-2-1-6-21-12)14-15-4-5-16(14)9-11-3-7-20-10-11;13-12(14)6-9-10-2-3-11(9)5-8-1-4-15-7-8;6-4-5-2-1-3-7-5/h1-2,6,8,11H,3-5,7,9-10H2;6,8,10H,1-5,7H2;1-4H/b13-8+;9-6+;. The highest BCUT2D eigenvalue weighted by atomic mass is 16.6. The zero-order valence-corrected chi connectivity index (χ0v) is 23.7. The number of hydrogen-bond donors (Lipinski definition) is 1. The fourth-order valence-corrected chi connectivity index (χ4v) is 5.01. The Morgan fingerprint density at radius 3 is 2.14 bits per heavy atom. The Morgan fingerprint density at radius 2 is 1.63 bits per heavy atom. The predicted molar refractivity (Wildman–Crippen MR) is 154 cm³/mol. The maximum absolute atomic E-state index is 11.4. The van der Waals surface area contributed by atoms with Crippen molar-refractivity contribution >= 4 is 18.2 Å². The van der Waals surface area contributed by atoms with Crippen molar-refractivity contribution in [1.29, 1.82) is 0 Å². The summed E-state index contributed by atoms with van der Waals surface area (Å²) in [5, 5.41) is 24.8. The van der Waals surface area contributed by atoms with Crippen LogP contribution in [0.25, 0.3) is 6.08 Å². The van der Waals surface area contributed by atoms with Crippen molar-refractivity contribution in [3.05, 3.63) is 86.3 Å². The van der Waals surface area contributed by atoms with E-state index in [1.54, 1.807) is 24.3 Å². The molecule has 0 saturated carbocycles. The Labute approximate surface area is 248 Å². The molecule has 6 rings (SSSR count). The number of rotatable bonds is 9. The third-order valence-electron chi connectivity index (χ3n) is 7.10. The highest BCUT2D eigenvalue weighted by Crippen LogP contribution is 2.20. The van der Waals surface area contributed by atoms with Gasteiger partial charge in [0.15, 0.2) is 17.9 Å². The van der Waals surface area contributed by atoms with E-state index in [2.05, 4.69) is 14.7 Å². The largest absolute Gasteiger partial charge is 0.465 e. The van der Waals surface area contributed by atoms with E-state index in [0.29, 0.717) is 47.8 Å². The zero-order chi connectivity index (χ0) is 30.4. The Bertz CT molecular complexity index is 1260. The number of amidine groups is 1. The quantitative estimate of drug-likeness (QED) is 0.253. The van der Waals surface area contributed by atoms with Crippen molar-refractivity contribution in [3.8, 4) is 0 Å². The molecule has 2 atom stereocenters. The molecule has 4 aliphatic heterocycles. The first kappa shape index (κ1) is 31.4. The molecule has 15 nitrogen and oxygen atoms in total. The highest BCUT2D eigenvalue weighted by molar-refractivity contribution is 6.00. The summed E-state index contributed by atoms with van der Waals surface area (Å²) in [5.41, 5.74) is -0.0126. The second-order valence-corrected chi connectivity index (χ2v) is 10.2. The number of nitro groups is 2. The van der Waals surface area contributed by atoms with Gasteiger partial charge in [0.1, 0.15) is 5.76 Å². The third-order valence-corrected chi connectivity index (χ3v) is 7.10. The lowest BCUT2D eigenvalue weighted by atomic mass is 10.1. The Hall–Kier alpha value is -4.50. The van der Waals surface area contributed by atoms with Gasteiger partial charge in [0.2, 0.25) is 5.84 Å². The molecule has 0 spiro atoms. The monoisotopic (exact) mass is 600 g/mol. The maximum Gasteiger partial charge on any atom is 0.314 e. The Kier molecular flexibility index (Phi) is 11.9. The van der Waals surface area contributed by atoms with Gasteiger partial charge in [0.25, 0.3) is 6.20 Å². The number of ether oxygens (including phenoxy) is 2. The van der Waals surface area contributed by atoms with Gasteiger partial charge in [-0.15, -0.1) is 0 Å². The van der Waals surface area contributed by atoms with Crippen LogP contribution in [0.15, 0.2) is 68.3 Å². The summed E-state index contributed by atoms with van der Waals surface area (Å²) in [6.45, 7) is 7.64. The van der Waals surface area contributed by atoms with Gasteiger partial charge in [0, 0.05) is 57.8 Å². The smallest absolute Gasteiger partial charge is 0.314 e. The van der Waals surface area contributed by atoms with E-state index in [1.165, 1.54) is 18.6 Å². The Morgan fingerprint density at radius 1 is 0.977 bits per heavy atom. The number of nitrogens with zero attached hydrogens (tertiary/aromatic N) is 5. The number of furan rings is 2. The molecule has 0 radical (unpaired) electrons. The van der Waals surface area contributed by atoms with E-state index in [-0.39, 0.29) is 5.70 Å². The van der Waals surface area contributed by atoms with Crippen molar-refractivity contribution < 1.29 is 32.9 Å². The van der Waals surface area contributed by atoms with E-state index in [0.717, 1.165) is 78.2 Å². The molecule has 0 aromatic carbocycles. The van der Waals surface area contributed by atoms with E-state index < -0.39 is 9.85 Å². The molecule has 1 N–H and O–H groups in total. The lowest BCUT2D eigenvalue weighted by Crippen LogP contribution is -2.35. The third kappa shape index (κ3) is 9.78. The number of aldehydes is 1. The van der Waals surface area contributed by atoms with Gasteiger partial charge in [-0.3, -0.25) is 30.0 Å². The molecule has 43 heavy (non-hydrogen) atoms. The molecular weight excluding hydrogens is 564 g/mol. The first-order valence-electron chi connectivity index (χ1n) is 14.1. The number of aliphatic imine (C=N–C) groups is 1. The van der Waals surface area contributed by atoms with E-state index in [1.807, 2.05) is 9.80 Å². The normalized spacial score (nSPS) is 22.4. The molecule has 0 aliphatic carbocycles. The van der Waals surface area contributed by atoms with Crippen LogP contribution in [-0.2, 0) is 9.47 Å². The van der Waals surface area contributed by atoms with Gasteiger partial charge >= 0.3 is 5.70 Å². The summed E-state index contributed by atoms with van der Waals surface area (Å²) in [7, 11) is 0. The lowest BCUT2D eigenvalue weighted by Gasteiger charge is -2.21. The summed E-state index contributed by atoms with van der Waals surface area (Å²) in [4.78, 5) is 39.0. The topological polar surface area (TPSA) is 179 Å². The van der Waals surface area contributed by atoms with Crippen molar-refractivity contribution in [3.63, 3.8) is 0 Å². The van der Waals surface area contributed by atoms with E-state index in [9.17, 15) is 25.0 Å². The van der Waals surface area contributed by atoms with Crippen LogP contribution in [0, 0.1) is 32.1 Å². The summed E-state index contributed by atoms with van der Waals surface area (Å²) < 4.78 is 20.4. The molecule has 2 aromatic heterocycles. The molecule has 3 fully saturated rings. The minimum absolute atomic E-state index is 0.0126. The fraction of sp³-hybridized carbons (Fsp3) is 0.500. The Balaban J connectivity index is 0.000000167. The summed E-state index contributed by atoms with van der Waals surface area (Å²) in [5.74, 6) is 2.85. The van der Waals surface area contributed by atoms with Gasteiger partial charge in [-0.05, 0) is 37.1 Å². The average molecular weight is 601 g/mol. The van der Waals surface area contributed by atoms with E-state index in [4.69, 9.17) is 13.9 Å². The molecule has 6 heterocycles. The fourth-order valence-electron chi connectivity index (χ4n) is 5.01. The maximum atomic E-state index is 11.4. The lowest BCUT2D eigenvalue weighted by molar-refractivity contribution is -0.414. The number of hydrogen-bond acceptors (Lipinski definition) is 13. The summed E-state index contributed by atoms with van der Waals surface area (Å²) >= 11 is 0.